The molecular formula is C17H24FN3. The van der Waals surface area contributed by atoms with E-state index >= 15 is 0 Å². The minimum absolute atomic E-state index is 0.0298. The Labute approximate surface area is 125 Å². The molecule has 0 saturated heterocycles. The highest BCUT2D eigenvalue weighted by atomic mass is 19.1. The number of hydrogen-bond acceptors (Lipinski definition) is 2. The number of nitrogen functional groups attached to an aromatic ring is 1. The standard InChI is InChI=1S/C13H17F.C4H7N3/c1-4-9-5-6-12(14)10(7-9)11-8-13(11,2)3;1-3-2-6-4(5)7-3/h5-7,11H,4,8H2,1-3H3;2H,1H3,(H3,5,6,7)/t11-;/m1./s1. The van der Waals surface area contributed by atoms with E-state index in [4.69, 9.17) is 5.73 Å². The molecule has 1 aliphatic rings. The van der Waals surface area contributed by atoms with Crippen molar-refractivity contribution < 1.29 is 4.39 Å². The van der Waals surface area contributed by atoms with Crippen LogP contribution in [0.15, 0.2) is 24.4 Å². The summed E-state index contributed by atoms with van der Waals surface area (Å²) in [5, 5.41) is 0. The van der Waals surface area contributed by atoms with Gasteiger partial charge in [-0.25, -0.2) is 9.37 Å². The van der Waals surface area contributed by atoms with Crippen LogP contribution in [-0.4, -0.2) is 9.97 Å². The van der Waals surface area contributed by atoms with Crippen LogP contribution in [0.4, 0.5) is 10.3 Å². The summed E-state index contributed by atoms with van der Waals surface area (Å²) in [6.07, 6.45) is 3.80. The summed E-state index contributed by atoms with van der Waals surface area (Å²) in [7, 11) is 0. The molecule has 1 saturated carbocycles. The molecule has 0 spiro atoms. The average Bonchev–Trinajstić information content (AvgIpc) is 2.88. The molecule has 3 nitrogen and oxygen atoms in total. The third-order valence-electron chi connectivity index (χ3n) is 4.08. The second-order valence-electron chi connectivity index (χ2n) is 6.41. The van der Waals surface area contributed by atoms with Crippen molar-refractivity contribution in [1.29, 1.82) is 0 Å². The number of aryl methyl sites for hydroxylation is 2. The first-order chi connectivity index (χ1) is 9.83. The number of aromatic nitrogens is 2. The Morgan fingerprint density at radius 3 is 2.48 bits per heavy atom. The fourth-order valence-electron chi connectivity index (χ4n) is 2.51. The number of anilines is 1. The molecule has 1 aromatic carbocycles. The van der Waals surface area contributed by atoms with Gasteiger partial charge in [-0.3, -0.25) is 0 Å². The van der Waals surface area contributed by atoms with Crippen molar-refractivity contribution in [2.45, 2.75) is 46.5 Å². The summed E-state index contributed by atoms with van der Waals surface area (Å²) in [4.78, 5) is 6.54. The second kappa shape index (κ2) is 5.88. The lowest BCUT2D eigenvalue weighted by Gasteiger charge is -2.07. The number of nitrogens with zero attached hydrogens (tertiary/aromatic N) is 1. The summed E-state index contributed by atoms with van der Waals surface area (Å²) >= 11 is 0. The molecule has 21 heavy (non-hydrogen) atoms. The van der Waals surface area contributed by atoms with Crippen LogP contribution in [0.2, 0.25) is 0 Å². The van der Waals surface area contributed by atoms with Gasteiger partial charge in [-0.05, 0) is 48.3 Å². The number of rotatable bonds is 2. The maximum atomic E-state index is 13.5. The van der Waals surface area contributed by atoms with Gasteiger partial charge in [-0.15, -0.1) is 0 Å². The van der Waals surface area contributed by atoms with Crippen molar-refractivity contribution in [2.75, 3.05) is 5.73 Å². The zero-order valence-electron chi connectivity index (χ0n) is 13.2. The number of nitrogens with one attached hydrogen (secondary N) is 1. The molecule has 2 aromatic rings. The Morgan fingerprint density at radius 2 is 2.10 bits per heavy atom. The number of aromatic amines is 1. The maximum absolute atomic E-state index is 13.5. The molecule has 0 aliphatic heterocycles. The summed E-state index contributed by atoms with van der Waals surface area (Å²) in [5.41, 5.74) is 8.69. The molecule has 0 bridgehead atoms. The van der Waals surface area contributed by atoms with Crippen molar-refractivity contribution in [3.63, 3.8) is 0 Å². The molecule has 4 heteroatoms. The number of H-pyrrole nitrogens is 1. The van der Waals surface area contributed by atoms with Gasteiger partial charge in [0.15, 0.2) is 5.95 Å². The van der Waals surface area contributed by atoms with Crippen LogP contribution in [0.5, 0.6) is 0 Å². The lowest BCUT2D eigenvalue weighted by molar-refractivity contribution is 0.576. The van der Waals surface area contributed by atoms with Crippen molar-refractivity contribution in [1.82, 2.24) is 9.97 Å². The van der Waals surface area contributed by atoms with E-state index in [-0.39, 0.29) is 5.82 Å². The van der Waals surface area contributed by atoms with Crippen LogP contribution in [0.3, 0.4) is 0 Å². The number of hydrogen-bond donors (Lipinski definition) is 2. The van der Waals surface area contributed by atoms with E-state index in [1.165, 1.54) is 5.56 Å². The summed E-state index contributed by atoms with van der Waals surface area (Å²) in [6.45, 7) is 8.42. The monoisotopic (exact) mass is 289 g/mol. The van der Waals surface area contributed by atoms with Crippen LogP contribution in [0.1, 0.15) is 49.9 Å². The van der Waals surface area contributed by atoms with Crippen LogP contribution in [0.25, 0.3) is 0 Å². The third kappa shape index (κ3) is 3.84. The van der Waals surface area contributed by atoms with Crippen molar-refractivity contribution in [3.05, 3.63) is 47.0 Å². The van der Waals surface area contributed by atoms with Crippen molar-refractivity contribution in [2.24, 2.45) is 5.41 Å². The molecule has 0 radical (unpaired) electrons. The van der Waals surface area contributed by atoms with Crippen LogP contribution >= 0.6 is 0 Å². The van der Waals surface area contributed by atoms with Gasteiger partial charge >= 0.3 is 0 Å². The van der Waals surface area contributed by atoms with Crippen molar-refractivity contribution in [3.8, 4) is 0 Å². The minimum Gasteiger partial charge on any atom is -0.369 e. The molecule has 0 unspecified atom stereocenters. The fourth-order valence-corrected chi connectivity index (χ4v) is 2.51. The predicted octanol–water partition coefficient (Wildman–Crippen LogP) is 4.20. The Hall–Kier alpha value is -1.84. The zero-order chi connectivity index (χ0) is 15.6. The van der Waals surface area contributed by atoms with Gasteiger partial charge in [0.1, 0.15) is 5.82 Å². The van der Waals surface area contributed by atoms with Gasteiger partial charge < -0.3 is 10.7 Å². The quantitative estimate of drug-likeness (QED) is 0.870. The van der Waals surface area contributed by atoms with Gasteiger partial charge in [-0.1, -0.05) is 32.9 Å². The predicted molar refractivity (Wildman–Crippen MR) is 84.7 cm³/mol. The van der Waals surface area contributed by atoms with Gasteiger partial charge in [0.25, 0.3) is 0 Å². The molecule has 3 rings (SSSR count). The summed E-state index contributed by atoms with van der Waals surface area (Å²) < 4.78 is 13.5. The molecule has 1 aromatic heterocycles. The number of nitrogens with two attached hydrogens (primary N) is 1. The van der Waals surface area contributed by atoms with Crippen molar-refractivity contribution >= 4 is 5.95 Å². The Balaban J connectivity index is 0.000000194. The lowest BCUT2D eigenvalue weighted by Crippen LogP contribution is -1.95. The zero-order valence-corrected chi connectivity index (χ0v) is 13.2. The second-order valence-corrected chi connectivity index (χ2v) is 6.41. The highest BCUT2D eigenvalue weighted by Gasteiger charge is 2.47. The van der Waals surface area contributed by atoms with Gasteiger partial charge in [0.05, 0.1) is 0 Å². The number of imidazole rings is 1. The maximum Gasteiger partial charge on any atom is 0.197 e. The molecule has 1 heterocycles. The molecular weight excluding hydrogens is 265 g/mol. The fraction of sp³-hybridized carbons (Fsp3) is 0.471. The van der Waals surface area contributed by atoms with E-state index < -0.39 is 0 Å². The Bertz CT molecular complexity index is 600. The van der Waals surface area contributed by atoms with E-state index in [1.807, 2.05) is 19.1 Å². The summed E-state index contributed by atoms with van der Waals surface area (Å²) in [6, 6.07) is 5.53. The van der Waals surface area contributed by atoms with E-state index in [0.29, 0.717) is 17.3 Å². The average molecular weight is 289 g/mol. The molecule has 1 fully saturated rings. The van der Waals surface area contributed by atoms with Crippen LogP contribution in [-0.2, 0) is 6.42 Å². The first kappa shape index (κ1) is 15.5. The third-order valence-corrected chi connectivity index (χ3v) is 4.08. The smallest absolute Gasteiger partial charge is 0.197 e. The topological polar surface area (TPSA) is 54.7 Å². The SMILES string of the molecule is CCc1ccc(F)c([C@H]2CC2(C)C)c1.Cc1cnc(N)[nH]1. The Morgan fingerprint density at radius 1 is 1.43 bits per heavy atom. The molecule has 1 aliphatic carbocycles. The Kier molecular flexibility index (Phi) is 4.35. The van der Waals surface area contributed by atoms with Crippen LogP contribution < -0.4 is 5.73 Å². The molecule has 0 amide bonds. The van der Waals surface area contributed by atoms with E-state index in [9.17, 15) is 4.39 Å². The highest BCUT2D eigenvalue weighted by Crippen LogP contribution is 2.59. The van der Waals surface area contributed by atoms with Gasteiger partial charge in [0, 0.05) is 11.9 Å². The van der Waals surface area contributed by atoms with Crippen LogP contribution in [0, 0.1) is 18.2 Å². The molecule has 1 atom stereocenters. The first-order valence-corrected chi connectivity index (χ1v) is 7.39. The normalized spacial score (nSPS) is 18.8. The van der Waals surface area contributed by atoms with E-state index in [0.717, 1.165) is 24.1 Å². The minimum atomic E-state index is -0.0298. The number of halogens is 1. The lowest BCUT2D eigenvalue weighted by atomic mass is 10.00. The largest absolute Gasteiger partial charge is 0.369 e. The number of benzene rings is 1. The first-order valence-electron chi connectivity index (χ1n) is 7.39. The molecule has 114 valence electrons. The molecule has 3 N–H and O–H groups in total. The highest BCUT2D eigenvalue weighted by molar-refractivity contribution is 5.33. The van der Waals surface area contributed by atoms with Gasteiger partial charge in [-0.2, -0.15) is 0 Å². The summed E-state index contributed by atoms with van der Waals surface area (Å²) in [5.74, 6) is 0.893. The van der Waals surface area contributed by atoms with Gasteiger partial charge in [0.2, 0.25) is 0 Å². The van der Waals surface area contributed by atoms with E-state index in [2.05, 4.69) is 30.7 Å². The van der Waals surface area contributed by atoms with E-state index in [1.54, 1.807) is 12.3 Å².